The number of nitrogens with two attached hydrogens (primary N) is 1. The van der Waals surface area contributed by atoms with Crippen LogP contribution in [0.3, 0.4) is 0 Å². The van der Waals surface area contributed by atoms with Gasteiger partial charge in [0.05, 0.1) is 16.9 Å². The normalized spacial score (nSPS) is 11.4. The van der Waals surface area contributed by atoms with Gasteiger partial charge in [-0.2, -0.15) is 10.2 Å². The number of H-pyrrole nitrogens is 1. The molecule has 0 bridgehead atoms. The van der Waals surface area contributed by atoms with Crippen molar-refractivity contribution in [3.63, 3.8) is 0 Å². The van der Waals surface area contributed by atoms with Gasteiger partial charge in [-0.05, 0) is 38.1 Å². The fraction of sp³-hybridized carbons (Fsp3) is 0.143. The summed E-state index contributed by atoms with van der Waals surface area (Å²) in [5.74, 6) is 0.185. The Morgan fingerprint density at radius 3 is 2.38 bits per heavy atom. The summed E-state index contributed by atoms with van der Waals surface area (Å²) >= 11 is 0. The minimum Gasteiger partial charge on any atom is -0.380 e. The third kappa shape index (κ3) is 3.25. The lowest BCUT2D eigenvalue weighted by molar-refractivity contribution is 0.630. The highest BCUT2D eigenvalue weighted by atomic mass is 16.1. The minimum atomic E-state index is -0.188. The number of nitrogen functional groups attached to an aromatic ring is 1. The van der Waals surface area contributed by atoms with Gasteiger partial charge in [0, 0.05) is 12.7 Å². The summed E-state index contributed by atoms with van der Waals surface area (Å²) in [5, 5.41) is 15.4. The first-order valence-electron chi connectivity index (χ1n) is 9.14. The summed E-state index contributed by atoms with van der Waals surface area (Å²) in [6.45, 7) is 3.87. The van der Waals surface area contributed by atoms with Gasteiger partial charge >= 0.3 is 0 Å². The van der Waals surface area contributed by atoms with Gasteiger partial charge in [0.1, 0.15) is 5.69 Å². The molecule has 0 aliphatic carbocycles. The Morgan fingerprint density at radius 2 is 1.69 bits per heavy atom. The molecule has 8 nitrogen and oxygen atoms in total. The molecule has 3 N–H and O–H groups in total. The molecule has 29 heavy (non-hydrogen) atoms. The van der Waals surface area contributed by atoms with Crippen molar-refractivity contribution >= 4 is 17.2 Å². The second-order valence-electron chi connectivity index (χ2n) is 6.80. The lowest BCUT2D eigenvalue weighted by Gasteiger charge is -2.07. The van der Waals surface area contributed by atoms with Crippen LogP contribution in [0.1, 0.15) is 11.3 Å². The molecule has 0 saturated carbocycles. The number of aromatic amines is 1. The van der Waals surface area contributed by atoms with E-state index >= 15 is 0 Å². The van der Waals surface area contributed by atoms with Crippen LogP contribution >= 0.6 is 0 Å². The predicted molar refractivity (Wildman–Crippen MR) is 113 cm³/mol. The quantitative estimate of drug-likeness (QED) is 0.513. The van der Waals surface area contributed by atoms with E-state index in [0.29, 0.717) is 22.6 Å². The Morgan fingerprint density at radius 1 is 1.00 bits per heavy atom. The maximum absolute atomic E-state index is 13.3. The van der Waals surface area contributed by atoms with Crippen molar-refractivity contribution in [3.8, 4) is 16.9 Å². The van der Waals surface area contributed by atoms with Crippen molar-refractivity contribution < 1.29 is 0 Å². The van der Waals surface area contributed by atoms with Gasteiger partial charge in [-0.25, -0.2) is 4.68 Å². The van der Waals surface area contributed by atoms with Crippen molar-refractivity contribution in [2.75, 3.05) is 5.73 Å². The van der Waals surface area contributed by atoms with E-state index in [2.05, 4.69) is 20.4 Å². The Kier molecular flexibility index (Phi) is 4.59. The molecule has 0 radical (unpaired) electrons. The van der Waals surface area contributed by atoms with E-state index in [1.165, 1.54) is 0 Å². The van der Waals surface area contributed by atoms with E-state index in [1.807, 2.05) is 75.5 Å². The van der Waals surface area contributed by atoms with E-state index in [4.69, 9.17) is 5.73 Å². The summed E-state index contributed by atoms with van der Waals surface area (Å²) < 4.78 is 3.40. The van der Waals surface area contributed by atoms with Crippen molar-refractivity contribution in [1.82, 2.24) is 19.6 Å². The molecule has 0 fully saturated rings. The number of anilines is 1. The average Bonchev–Trinajstić information content (AvgIpc) is 3.18. The zero-order chi connectivity index (χ0) is 20.5. The fourth-order valence-electron chi connectivity index (χ4n) is 3.20. The summed E-state index contributed by atoms with van der Waals surface area (Å²) in [5.41, 5.74) is 10.4. The number of benzene rings is 2. The molecule has 2 aromatic carbocycles. The number of nitrogens with one attached hydrogen (secondary N) is 1. The molecule has 2 aromatic heterocycles. The first-order valence-corrected chi connectivity index (χ1v) is 9.14. The summed E-state index contributed by atoms with van der Waals surface area (Å²) in [4.78, 5) is 13.3. The van der Waals surface area contributed by atoms with Gasteiger partial charge in [0.25, 0.3) is 5.56 Å². The minimum absolute atomic E-state index is 0.185. The third-order valence-electron chi connectivity index (χ3n) is 4.87. The van der Waals surface area contributed by atoms with Crippen LogP contribution in [0, 0.1) is 13.8 Å². The van der Waals surface area contributed by atoms with Crippen molar-refractivity contribution in [2.24, 2.45) is 17.3 Å². The summed E-state index contributed by atoms with van der Waals surface area (Å²) in [6, 6.07) is 17.1. The van der Waals surface area contributed by atoms with Crippen LogP contribution < -0.4 is 11.3 Å². The summed E-state index contributed by atoms with van der Waals surface area (Å²) in [6.07, 6.45) is 0. The van der Waals surface area contributed by atoms with Gasteiger partial charge in [-0.1, -0.05) is 35.9 Å². The maximum atomic E-state index is 13.3. The van der Waals surface area contributed by atoms with Gasteiger partial charge < -0.3 is 5.73 Å². The van der Waals surface area contributed by atoms with Crippen LogP contribution in [0.4, 0.5) is 17.2 Å². The first-order chi connectivity index (χ1) is 14.0. The highest BCUT2D eigenvalue weighted by molar-refractivity contribution is 5.80. The van der Waals surface area contributed by atoms with Crippen LogP contribution in [0.25, 0.3) is 16.9 Å². The highest BCUT2D eigenvalue weighted by Crippen LogP contribution is 2.34. The zero-order valence-electron chi connectivity index (χ0n) is 16.4. The third-order valence-corrected chi connectivity index (χ3v) is 4.87. The van der Waals surface area contributed by atoms with Crippen LogP contribution in [-0.2, 0) is 7.05 Å². The number of nitrogens with zero attached hydrogens (tertiary/aromatic N) is 5. The molecule has 0 aliphatic rings. The average molecular weight is 387 g/mol. The van der Waals surface area contributed by atoms with Crippen molar-refractivity contribution in [2.45, 2.75) is 13.8 Å². The van der Waals surface area contributed by atoms with E-state index in [9.17, 15) is 4.79 Å². The van der Waals surface area contributed by atoms with Gasteiger partial charge in [0.15, 0.2) is 11.5 Å². The van der Waals surface area contributed by atoms with Crippen LogP contribution in [0.5, 0.6) is 0 Å². The Balaban J connectivity index is 1.83. The van der Waals surface area contributed by atoms with Crippen LogP contribution in [0.2, 0.25) is 0 Å². The van der Waals surface area contributed by atoms with Crippen molar-refractivity contribution in [3.05, 3.63) is 76.2 Å². The Bertz CT molecular complexity index is 1240. The van der Waals surface area contributed by atoms with Gasteiger partial charge in [-0.15, -0.1) is 5.11 Å². The Hall–Kier alpha value is -3.94. The molecule has 0 spiro atoms. The largest absolute Gasteiger partial charge is 0.380 e. The first kappa shape index (κ1) is 18.4. The molecule has 4 rings (SSSR count). The molecule has 2 heterocycles. The topological polar surface area (TPSA) is 106 Å². The number of aryl methyl sites for hydroxylation is 1. The lowest BCUT2D eigenvalue weighted by Crippen LogP contribution is -2.20. The van der Waals surface area contributed by atoms with Gasteiger partial charge in [-0.3, -0.25) is 14.6 Å². The smallest absolute Gasteiger partial charge is 0.281 e. The molecule has 146 valence electrons. The number of azo groups is 1. The molecule has 8 heteroatoms. The molecule has 0 saturated heterocycles. The van der Waals surface area contributed by atoms with Gasteiger partial charge in [0.2, 0.25) is 0 Å². The number of aromatic nitrogens is 4. The molecular formula is C21H21N7O. The van der Waals surface area contributed by atoms with Crippen LogP contribution in [0.15, 0.2) is 69.6 Å². The summed E-state index contributed by atoms with van der Waals surface area (Å²) in [7, 11) is 1.83. The monoisotopic (exact) mass is 387 g/mol. The van der Waals surface area contributed by atoms with E-state index in [0.717, 1.165) is 16.9 Å². The van der Waals surface area contributed by atoms with E-state index < -0.39 is 0 Å². The SMILES string of the molecule is Cc1ccc(N=Nc2c(N)n[nH]c2-c2c(C)n(C)n(-c3ccccc3)c2=O)cc1. The second kappa shape index (κ2) is 7.23. The maximum Gasteiger partial charge on any atom is 0.281 e. The standard InChI is InChI=1S/C21H21N7O/c1-13-9-11-15(12-10-13)23-25-19-18(24-26-20(19)22)17-14(2)27(3)28(21(17)29)16-7-5-4-6-8-16/h4-12H,1-3H3,(H3,22,24,26). The second-order valence-corrected chi connectivity index (χ2v) is 6.80. The van der Waals surface area contributed by atoms with Crippen molar-refractivity contribution in [1.29, 1.82) is 0 Å². The number of hydrogen-bond donors (Lipinski definition) is 2. The number of rotatable bonds is 4. The van der Waals surface area contributed by atoms with E-state index in [-0.39, 0.29) is 11.4 Å². The highest BCUT2D eigenvalue weighted by Gasteiger charge is 2.23. The lowest BCUT2D eigenvalue weighted by atomic mass is 10.1. The molecule has 0 atom stereocenters. The Labute approximate surface area is 167 Å². The molecule has 0 unspecified atom stereocenters. The van der Waals surface area contributed by atoms with Crippen LogP contribution in [-0.4, -0.2) is 19.6 Å². The predicted octanol–water partition coefficient (Wildman–Crippen LogP) is 4.18. The molecule has 4 aromatic rings. The molecular weight excluding hydrogens is 366 g/mol. The fourth-order valence-corrected chi connectivity index (χ4v) is 3.20. The van der Waals surface area contributed by atoms with E-state index in [1.54, 1.807) is 9.36 Å². The molecule has 0 aliphatic heterocycles. The zero-order valence-corrected chi connectivity index (χ0v) is 16.4. The number of para-hydroxylation sites is 1. The number of hydrogen-bond acceptors (Lipinski definition) is 5. The molecule has 0 amide bonds.